The molecule has 0 unspecified atom stereocenters. The van der Waals surface area contributed by atoms with Gasteiger partial charge in [-0.25, -0.2) is 0 Å². The lowest BCUT2D eigenvalue weighted by Gasteiger charge is -2.02. The van der Waals surface area contributed by atoms with Gasteiger partial charge in [-0.15, -0.1) is 0 Å². The van der Waals surface area contributed by atoms with Crippen LogP contribution in [-0.4, -0.2) is 6.21 Å². The van der Waals surface area contributed by atoms with Crippen LogP contribution in [0.5, 0.6) is 0 Å². The lowest BCUT2D eigenvalue weighted by molar-refractivity contribution is 1.53. The summed E-state index contributed by atoms with van der Waals surface area (Å²) < 4.78 is 0. The SMILES string of the molecule is C/C=C\C(=C/C=Nc1ccc(-c2ccccc2)cc1)c1ccccc1. The van der Waals surface area contributed by atoms with E-state index in [-0.39, 0.29) is 0 Å². The van der Waals surface area contributed by atoms with Crippen LogP contribution in [0, 0.1) is 0 Å². The van der Waals surface area contributed by atoms with Gasteiger partial charge < -0.3 is 0 Å². The standard InChI is InChI=1S/C24H21N/c1-2-9-20(21-10-5-3-6-11-21)18-19-25-24-16-14-23(15-17-24)22-12-7-4-8-13-22/h2-19H,1H3/b9-2-,20-18+,25-19?. The van der Waals surface area contributed by atoms with Crippen molar-refractivity contribution in [2.24, 2.45) is 4.99 Å². The van der Waals surface area contributed by atoms with E-state index in [9.17, 15) is 0 Å². The number of rotatable bonds is 5. The Hall–Kier alpha value is -3.19. The highest BCUT2D eigenvalue weighted by Gasteiger charge is 1.97. The molecule has 0 aliphatic heterocycles. The second-order valence-corrected chi connectivity index (χ2v) is 5.68. The van der Waals surface area contributed by atoms with E-state index in [2.05, 4.69) is 59.6 Å². The largest absolute Gasteiger partial charge is 0.257 e. The maximum Gasteiger partial charge on any atom is 0.0630 e. The van der Waals surface area contributed by atoms with Crippen LogP contribution in [0.1, 0.15) is 12.5 Å². The number of hydrogen-bond acceptors (Lipinski definition) is 1. The van der Waals surface area contributed by atoms with E-state index in [1.807, 2.05) is 61.7 Å². The van der Waals surface area contributed by atoms with Gasteiger partial charge in [-0.1, -0.05) is 84.9 Å². The van der Waals surface area contributed by atoms with Crippen LogP contribution in [0.4, 0.5) is 5.69 Å². The number of allylic oxidation sites excluding steroid dienone is 4. The maximum atomic E-state index is 4.55. The van der Waals surface area contributed by atoms with Crippen LogP contribution in [0.15, 0.2) is 108 Å². The molecule has 0 aliphatic carbocycles. The van der Waals surface area contributed by atoms with E-state index in [1.54, 1.807) is 0 Å². The molecule has 0 amide bonds. The molecule has 0 aliphatic rings. The zero-order chi connectivity index (χ0) is 17.3. The lowest BCUT2D eigenvalue weighted by atomic mass is 10.1. The van der Waals surface area contributed by atoms with E-state index in [4.69, 9.17) is 0 Å². The zero-order valence-electron chi connectivity index (χ0n) is 14.3. The van der Waals surface area contributed by atoms with Crippen molar-refractivity contribution in [3.8, 4) is 11.1 Å². The first-order chi connectivity index (χ1) is 12.4. The van der Waals surface area contributed by atoms with Crippen LogP contribution in [0.3, 0.4) is 0 Å². The Kier molecular flexibility index (Phi) is 5.73. The lowest BCUT2D eigenvalue weighted by Crippen LogP contribution is -1.81. The highest BCUT2D eigenvalue weighted by molar-refractivity contribution is 5.89. The van der Waals surface area contributed by atoms with E-state index < -0.39 is 0 Å². The smallest absolute Gasteiger partial charge is 0.0630 e. The summed E-state index contributed by atoms with van der Waals surface area (Å²) >= 11 is 0. The van der Waals surface area contributed by atoms with Crippen molar-refractivity contribution in [3.63, 3.8) is 0 Å². The van der Waals surface area contributed by atoms with Crippen molar-refractivity contribution in [2.45, 2.75) is 6.92 Å². The average molecular weight is 323 g/mol. The summed E-state index contributed by atoms with van der Waals surface area (Å²) in [7, 11) is 0. The minimum Gasteiger partial charge on any atom is -0.257 e. The monoisotopic (exact) mass is 323 g/mol. The number of hydrogen-bond donors (Lipinski definition) is 0. The van der Waals surface area contributed by atoms with Gasteiger partial charge in [0.05, 0.1) is 5.69 Å². The average Bonchev–Trinajstić information content (AvgIpc) is 2.69. The highest BCUT2D eigenvalue weighted by Crippen LogP contribution is 2.22. The Bertz CT molecular complexity index is 870. The van der Waals surface area contributed by atoms with E-state index in [0.29, 0.717) is 0 Å². The first-order valence-corrected chi connectivity index (χ1v) is 8.45. The molecule has 0 radical (unpaired) electrons. The molecule has 0 aromatic heterocycles. The third-order valence-electron chi connectivity index (χ3n) is 3.91. The molecule has 1 heteroatoms. The topological polar surface area (TPSA) is 12.4 Å². The normalized spacial score (nSPS) is 12.1. The third kappa shape index (κ3) is 4.65. The second-order valence-electron chi connectivity index (χ2n) is 5.68. The van der Waals surface area contributed by atoms with Gasteiger partial charge >= 0.3 is 0 Å². The maximum absolute atomic E-state index is 4.55. The Labute approximate surface area is 149 Å². The predicted molar refractivity (Wildman–Crippen MR) is 109 cm³/mol. The summed E-state index contributed by atoms with van der Waals surface area (Å²) in [5.41, 5.74) is 5.70. The van der Waals surface area contributed by atoms with Crippen molar-refractivity contribution < 1.29 is 0 Å². The van der Waals surface area contributed by atoms with Gasteiger partial charge in [-0.3, -0.25) is 4.99 Å². The van der Waals surface area contributed by atoms with Crippen LogP contribution in [0.25, 0.3) is 16.7 Å². The molecule has 0 fully saturated rings. The minimum absolute atomic E-state index is 0.948. The summed E-state index contributed by atoms with van der Waals surface area (Å²) in [5.74, 6) is 0. The molecular weight excluding hydrogens is 302 g/mol. The Morgan fingerprint density at radius 1 is 0.720 bits per heavy atom. The van der Waals surface area contributed by atoms with E-state index in [1.165, 1.54) is 16.7 Å². The van der Waals surface area contributed by atoms with Crippen LogP contribution >= 0.6 is 0 Å². The van der Waals surface area contributed by atoms with Gasteiger partial charge in [0.2, 0.25) is 0 Å². The van der Waals surface area contributed by atoms with Crippen LogP contribution in [-0.2, 0) is 0 Å². The van der Waals surface area contributed by atoms with Gasteiger partial charge in [-0.2, -0.15) is 0 Å². The summed E-state index contributed by atoms with van der Waals surface area (Å²) in [4.78, 5) is 4.55. The minimum atomic E-state index is 0.948. The molecule has 0 saturated carbocycles. The summed E-state index contributed by atoms with van der Waals surface area (Å²) in [6, 6.07) is 29.0. The number of nitrogens with zero attached hydrogens (tertiary/aromatic N) is 1. The fourth-order valence-corrected chi connectivity index (χ4v) is 2.63. The van der Waals surface area contributed by atoms with Crippen LogP contribution < -0.4 is 0 Å². The third-order valence-corrected chi connectivity index (χ3v) is 3.91. The first kappa shape index (κ1) is 16.7. The molecule has 0 spiro atoms. The fraction of sp³-hybridized carbons (Fsp3) is 0.0417. The summed E-state index contributed by atoms with van der Waals surface area (Å²) in [6.45, 7) is 2.02. The molecule has 0 heterocycles. The Morgan fingerprint density at radius 2 is 1.32 bits per heavy atom. The molecule has 122 valence electrons. The summed E-state index contributed by atoms with van der Waals surface area (Å²) in [6.07, 6.45) is 8.04. The van der Waals surface area contributed by atoms with Gasteiger partial charge in [-0.05, 0) is 47.4 Å². The van der Waals surface area contributed by atoms with Crippen molar-refractivity contribution in [1.29, 1.82) is 0 Å². The van der Waals surface area contributed by atoms with Crippen molar-refractivity contribution in [3.05, 3.63) is 109 Å². The molecular formula is C24H21N. The van der Waals surface area contributed by atoms with Crippen molar-refractivity contribution in [2.75, 3.05) is 0 Å². The van der Waals surface area contributed by atoms with Gasteiger partial charge in [0, 0.05) is 6.21 Å². The quantitative estimate of drug-likeness (QED) is 0.365. The van der Waals surface area contributed by atoms with E-state index >= 15 is 0 Å². The fourth-order valence-electron chi connectivity index (χ4n) is 2.63. The molecule has 0 bridgehead atoms. The van der Waals surface area contributed by atoms with Crippen molar-refractivity contribution in [1.82, 2.24) is 0 Å². The molecule has 0 saturated heterocycles. The predicted octanol–water partition coefficient (Wildman–Crippen LogP) is 6.72. The molecule has 25 heavy (non-hydrogen) atoms. The van der Waals surface area contributed by atoms with Crippen molar-refractivity contribution >= 4 is 17.5 Å². The molecule has 0 N–H and O–H groups in total. The van der Waals surface area contributed by atoms with Gasteiger partial charge in [0.25, 0.3) is 0 Å². The number of aliphatic imine (C=N–C) groups is 1. The summed E-state index contributed by atoms with van der Waals surface area (Å²) in [5, 5.41) is 0. The Balaban J connectivity index is 1.77. The molecule has 1 nitrogen and oxygen atoms in total. The molecule has 0 atom stereocenters. The molecule has 3 aromatic carbocycles. The van der Waals surface area contributed by atoms with Gasteiger partial charge in [0.1, 0.15) is 0 Å². The molecule has 3 rings (SSSR count). The Morgan fingerprint density at radius 3 is 1.96 bits per heavy atom. The van der Waals surface area contributed by atoms with E-state index in [0.717, 1.165) is 11.3 Å². The van der Waals surface area contributed by atoms with Crippen LogP contribution in [0.2, 0.25) is 0 Å². The first-order valence-electron chi connectivity index (χ1n) is 8.45. The van der Waals surface area contributed by atoms with Gasteiger partial charge in [0.15, 0.2) is 0 Å². The number of benzene rings is 3. The highest BCUT2D eigenvalue weighted by atomic mass is 14.7. The second kappa shape index (κ2) is 8.60. The molecule has 3 aromatic rings. The zero-order valence-corrected chi connectivity index (χ0v) is 14.3.